The van der Waals surface area contributed by atoms with Gasteiger partial charge >= 0.3 is 5.97 Å². The Balaban J connectivity index is 2.47. The van der Waals surface area contributed by atoms with Crippen molar-refractivity contribution in [2.45, 2.75) is 38.6 Å². The minimum atomic E-state index is -3.03. The molecule has 0 spiro atoms. The lowest BCUT2D eigenvalue weighted by atomic mass is 9.91. The van der Waals surface area contributed by atoms with Gasteiger partial charge < -0.3 is 5.11 Å². The highest BCUT2D eigenvalue weighted by molar-refractivity contribution is 7.91. The van der Waals surface area contributed by atoms with Crippen molar-refractivity contribution in [1.29, 1.82) is 0 Å². The summed E-state index contributed by atoms with van der Waals surface area (Å²) in [6.45, 7) is 5.86. The van der Waals surface area contributed by atoms with E-state index in [1.807, 2.05) is 20.8 Å². The van der Waals surface area contributed by atoms with Gasteiger partial charge in [0.15, 0.2) is 15.5 Å². The standard InChI is InChI=1S/C12H18N2O4S/c1-12(2,3)10-6-9(11(15)16)13-14(10)8-4-5-19(17,18)7-8/h6,8H,4-5,7H2,1-3H3,(H,15,16). The number of nitrogens with zero attached hydrogens (tertiary/aromatic N) is 2. The molecule has 19 heavy (non-hydrogen) atoms. The molecular weight excluding hydrogens is 268 g/mol. The molecule has 0 saturated carbocycles. The number of carboxylic acid groups (broad SMARTS) is 1. The Labute approximate surface area is 112 Å². The number of carboxylic acids is 1. The van der Waals surface area contributed by atoms with E-state index in [9.17, 15) is 13.2 Å². The lowest BCUT2D eigenvalue weighted by Gasteiger charge is -2.22. The van der Waals surface area contributed by atoms with Crippen molar-refractivity contribution in [2.24, 2.45) is 0 Å². The van der Waals surface area contributed by atoms with E-state index in [2.05, 4.69) is 5.10 Å². The number of aromatic carboxylic acids is 1. The second-order valence-electron chi connectivity index (χ2n) is 5.97. The SMILES string of the molecule is CC(C)(C)c1cc(C(=O)O)nn1C1CCS(=O)(=O)C1. The van der Waals surface area contributed by atoms with Gasteiger partial charge in [0.2, 0.25) is 0 Å². The number of carbonyl (C=O) groups is 1. The Morgan fingerprint density at radius 1 is 1.47 bits per heavy atom. The van der Waals surface area contributed by atoms with Crippen LogP contribution in [-0.2, 0) is 15.3 Å². The minimum Gasteiger partial charge on any atom is -0.476 e. The van der Waals surface area contributed by atoms with Crippen LogP contribution in [-0.4, -0.2) is 40.8 Å². The third-order valence-electron chi connectivity index (χ3n) is 3.28. The van der Waals surface area contributed by atoms with E-state index < -0.39 is 15.8 Å². The van der Waals surface area contributed by atoms with Crippen molar-refractivity contribution in [1.82, 2.24) is 9.78 Å². The van der Waals surface area contributed by atoms with Crippen LogP contribution in [0.2, 0.25) is 0 Å². The Kier molecular flexibility index (Phi) is 3.20. The summed E-state index contributed by atoms with van der Waals surface area (Å²) < 4.78 is 24.7. The van der Waals surface area contributed by atoms with Gasteiger partial charge in [0.1, 0.15) is 0 Å². The molecule has 1 aliphatic heterocycles. The zero-order valence-electron chi connectivity index (χ0n) is 11.3. The van der Waals surface area contributed by atoms with Crippen LogP contribution in [0.5, 0.6) is 0 Å². The summed E-state index contributed by atoms with van der Waals surface area (Å²) in [4.78, 5) is 11.0. The van der Waals surface area contributed by atoms with Gasteiger partial charge in [-0.25, -0.2) is 13.2 Å². The minimum absolute atomic E-state index is 0.0331. The Morgan fingerprint density at radius 3 is 2.53 bits per heavy atom. The smallest absolute Gasteiger partial charge is 0.356 e. The van der Waals surface area contributed by atoms with Crippen molar-refractivity contribution in [3.05, 3.63) is 17.5 Å². The third kappa shape index (κ3) is 2.80. The summed E-state index contributed by atoms with van der Waals surface area (Å²) in [5, 5.41) is 13.1. The van der Waals surface area contributed by atoms with E-state index in [4.69, 9.17) is 5.11 Å². The first-order chi connectivity index (χ1) is 8.60. The molecule has 1 aliphatic rings. The summed E-state index contributed by atoms with van der Waals surface area (Å²) in [6.07, 6.45) is 0.492. The van der Waals surface area contributed by atoms with E-state index in [-0.39, 0.29) is 28.7 Å². The number of hydrogen-bond donors (Lipinski definition) is 1. The third-order valence-corrected chi connectivity index (χ3v) is 5.03. The fourth-order valence-electron chi connectivity index (χ4n) is 2.31. The molecule has 1 atom stereocenters. The molecule has 0 aliphatic carbocycles. The zero-order valence-corrected chi connectivity index (χ0v) is 12.1. The Morgan fingerprint density at radius 2 is 2.11 bits per heavy atom. The van der Waals surface area contributed by atoms with Crippen LogP contribution in [0.15, 0.2) is 6.07 Å². The van der Waals surface area contributed by atoms with Gasteiger partial charge in [-0.1, -0.05) is 20.8 Å². The number of aromatic nitrogens is 2. The normalized spacial score (nSPS) is 22.6. The number of sulfone groups is 1. The molecule has 1 saturated heterocycles. The monoisotopic (exact) mass is 286 g/mol. The molecule has 1 N–H and O–H groups in total. The van der Waals surface area contributed by atoms with Gasteiger partial charge in [0.05, 0.1) is 17.5 Å². The summed E-state index contributed by atoms with van der Waals surface area (Å²) in [5.74, 6) is -0.912. The molecule has 0 aromatic carbocycles. The first-order valence-electron chi connectivity index (χ1n) is 6.14. The molecule has 2 heterocycles. The highest BCUT2D eigenvalue weighted by Crippen LogP contribution is 2.30. The van der Waals surface area contributed by atoms with Crippen LogP contribution in [0.25, 0.3) is 0 Å². The molecular formula is C12H18N2O4S. The lowest BCUT2D eigenvalue weighted by molar-refractivity contribution is 0.0689. The highest BCUT2D eigenvalue weighted by atomic mass is 32.2. The highest BCUT2D eigenvalue weighted by Gasteiger charge is 2.34. The van der Waals surface area contributed by atoms with E-state index in [1.165, 1.54) is 6.07 Å². The summed E-state index contributed by atoms with van der Waals surface area (Å²) in [6, 6.07) is 1.28. The van der Waals surface area contributed by atoms with Crippen LogP contribution in [0.4, 0.5) is 0 Å². The first-order valence-corrected chi connectivity index (χ1v) is 7.96. The first kappa shape index (κ1) is 14.0. The fraction of sp³-hybridized carbons (Fsp3) is 0.667. The summed E-state index contributed by atoms with van der Waals surface area (Å²) >= 11 is 0. The molecule has 0 bridgehead atoms. The predicted octanol–water partition coefficient (Wildman–Crippen LogP) is 1.24. The van der Waals surface area contributed by atoms with Gasteiger partial charge in [-0.05, 0) is 12.5 Å². The maximum absolute atomic E-state index is 11.6. The molecule has 1 fully saturated rings. The van der Waals surface area contributed by atoms with Crippen molar-refractivity contribution in [2.75, 3.05) is 11.5 Å². The molecule has 1 aromatic heterocycles. The molecule has 7 heteroatoms. The number of hydrogen-bond acceptors (Lipinski definition) is 4. The molecule has 1 aromatic rings. The van der Waals surface area contributed by atoms with Crippen molar-refractivity contribution in [3.63, 3.8) is 0 Å². The molecule has 6 nitrogen and oxygen atoms in total. The van der Waals surface area contributed by atoms with E-state index in [0.29, 0.717) is 6.42 Å². The molecule has 106 valence electrons. The van der Waals surface area contributed by atoms with E-state index in [0.717, 1.165) is 5.69 Å². The molecule has 2 rings (SSSR count). The second-order valence-corrected chi connectivity index (χ2v) is 8.20. The lowest BCUT2D eigenvalue weighted by Crippen LogP contribution is -2.22. The maximum Gasteiger partial charge on any atom is 0.356 e. The van der Waals surface area contributed by atoms with Crippen molar-refractivity contribution in [3.8, 4) is 0 Å². The predicted molar refractivity (Wildman–Crippen MR) is 70.2 cm³/mol. The van der Waals surface area contributed by atoms with Gasteiger partial charge in [0.25, 0.3) is 0 Å². The molecule has 0 radical (unpaired) electrons. The van der Waals surface area contributed by atoms with E-state index in [1.54, 1.807) is 4.68 Å². The van der Waals surface area contributed by atoms with E-state index >= 15 is 0 Å². The molecule has 1 unspecified atom stereocenters. The van der Waals surface area contributed by atoms with Crippen LogP contribution in [0, 0.1) is 0 Å². The van der Waals surface area contributed by atoms with Gasteiger partial charge in [0, 0.05) is 11.1 Å². The summed E-state index contributed by atoms with van der Waals surface area (Å²) in [7, 11) is -3.03. The quantitative estimate of drug-likeness (QED) is 0.883. The second kappa shape index (κ2) is 4.33. The largest absolute Gasteiger partial charge is 0.476 e. The Bertz CT molecular complexity index is 610. The summed E-state index contributed by atoms with van der Waals surface area (Å²) in [5.41, 5.74) is 0.439. The van der Waals surface area contributed by atoms with Gasteiger partial charge in [-0.15, -0.1) is 0 Å². The number of rotatable bonds is 2. The van der Waals surface area contributed by atoms with Crippen LogP contribution in [0.3, 0.4) is 0 Å². The van der Waals surface area contributed by atoms with Crippen LogP contribution < -0.4 is 0 Å². The van der Waals surface area contributed by atoms with Gasteiger partial charge in [-0.3, -0.25) is 4.68 Å². The van der Waals surface area contributed by atoms with Crippen LogP contribution >= 0.6 is 0 Å². The average Bonchev–Trinajstić information content (AvgIpc) is 2.79. The van der Waals surface area contributed by atoms with Crippen molar-refractivity contribution >= 4 is 15.8 Å². The molecule has 0 amide bonds. The Hall–Kier alpha value is -1.37. The topological polar surface area (TPSA) is 89.3 Å². The average molecular weight is 286 g/mol. The van der Waals surface area contributed by atoms with Crippen molar-refractivity contribution < 1.29 is 18.3 Å². The maximum atomic E-state index is 11.6. The zero-order chi connectivity index (χ0) is 14.4. The van der Waals surface area contributed by atoms with Crippen LogP contribution in [0.1, 0.15) is 49.4 Å². The fourth-order valence-corrected chi connectivity index (χ4v) is 4.00. The van der Waals surface area contributed by atoms with Gasteiger partial charge in [-0.2, -0.15) is 5.10 Å².